The number of nitrogens with one attached hydrogen (secondary N) is 3. The van der Waals surface area contributed by atoms with Crippen LogP contribution in [0.2, 0.25) is 5.02 Å². The normalized spacial score (nSPS) is 10.9. The van der Waals surface area contributed by atoms with Gasteiger partial charge in [-0.1, -0.05) is 35.9 Å². The Bertz CT molecular complexity index is 1900. The zero-order valence-corrected chi connectivity index (χ0v) is 28.8. The van der Waals surface area contributed by atoms with Gasteiger partial charge in [-0.15, -0.1) is 11.3 Å². The van der Waals surface area contributed by atoms with Crippen LogP contribution in [0.4, 0.5) is 16.5 Å². The van der Waals surface area contributed by atoms with Crippen molar-refractivity contribution in [3.63, 3.8) is 0 Å². The molecule has 0 radical (unpaired) electrons. The number of anilines is 3. The number of thiazole rings is 1. The van der Waals surface area contributed by atoms with Crippen molar-refractivity contribution >= 4 is 80.1 Å². The smallest absolute Gasteiger partial charge is 0.271 e. The molecule has 0 saturated heterocycles. The zero-order valence-electron chi connectivity index (χ0n) is 25.1. The highest BCUT2D eigenvalue weighted by atomic mass is 127. The van der Waals surface area contributed by atoms with Gasteiger partial charge in [-0.3, -0.25) is 9.59 Å². The van der Waals surface area contributed by atoms with Crippen LogP contribution in [0.15, 0.2) is 89.3 Å². The molecule has 0 saturated carbocycles. The first-order valence-electron chi connectivity index (χ1n) is 14.0. The first-order valence-corrected chi connectivity index (χ1v) is 16.3. The van der Waals surface area contributed by atoms with Gasteiger partial charge in [-0.25, -0.2) is 10.4 Å². The minimum Gasteiger partial charge on any atom is -0.493 e. The van der Waals surface area contributed by atoms with Crippen molar-refractivity contribution in [2.45, 2.75) is 13.8 Å². The molecule has 2 amide bonds. The van der Waals surface area contributed by atoms with Gasteiger partial charge in [0.05, 0.1) is 22.6 Å². The molecule has 0 aliphatic rings. The molecule has 3 N–H and O–H groups in total. The number of rotatable bonds is 11. The van der Waals surface area contributed by atoms with Crippen LogP contribution < -0.4 is 25.5 Å². The summed E-state index contributed by atoms with van der Waals surface area (Å²) in [5, 5.41) is 13.6. The SMILES string of the molecule is COc1cc(/C=N\NC(=O)c2ccc(-c3csc(Nc4ccc(Cl)cc4)n3)cc2)cc(I)c1OCC(=O)Nc1cccc(C)c1C. The largest absolute Gasteiger partial charge is 0.493 e. The van der Waals surface area contributed by atoms with E-state index in [-0.39, 0.29) is 18.4 Å². The van der Waals surface area contributed by atoms with Crippen molar-refractivity contribution in [3.8, 4) is 22.8 Å². The fourth-order valence-corrected chi connectivity index (χ4v) is 5.95. The monoisotopic (exact) mass is 765 g/mol. The van der Waals surface area contributed by atoms with Crippen molar-refractivity contribution in [1.82, 2.24) is 10.4 Å². The molecule has 0 aliphatic carbocycles. The number of aryl methyl sites for hydroxylation is 1. The Morgan fingerprint density at radius 1 is 1.04 bits per heavy atom. The molecule has 0 unspecified atom stereocenters. The lowest BCUT2D eigenvalue weighted by Crippen LogP contribution is -2.21. The minimum atomic E-state index is -0.359. The van der Waals surface area contributed by atoms with E-state index in [2.05, 4.69) is 48.7 Å². The van der Waals surface area contributed by atoms with Gasteiger partial charge in [-0.05, 0) is 108 Å². The van der Waals surface area contributed by atoms with Crippen LogP contribution in [-0.4, -0.2) is 36.7 Å². The highest BCUT2D eigenvalue weighted by molar-refractivity contribution is 14.1. The molecule has 0 fully saturated rings. The predicted molar refractivity (Wildman–Crippen MR) is 193 cm³/mol. The van der Waals surface area contributed by atoms with Gasteiger partial charge in [0.15, 0.2) is 23.2 Å². The van der Waals surface area contributed by atoms with Gasteiger partial charge in [0.25, 0.3) is 11.8 Å². The molecule has 0 aliphatic heterocycles. The number of aromatic nitrogens is 1. The number of methoxy groups -OCH3 is 1. The Labute approximate surface area is 289 Å². The molecular formula is C34H29ClIN5O4S. The van der Waals surface area contributed by atoms with E-state index in [1.165, 1.54) is 24.7 Å². The van der Waals surface area contributed by atoms with Gasteiger partial charge < -0.3 is 20.1 Å². The van der Waals surface area contributed by atoms with E-state index in [1.54, 1.807) is 18.2 Å². The lowest BCUT2D eigenvalue weighted by molar-refractivity contribution is -0.118. The summed E-state index contributed by atoms with van der Waals surface area (Å²) in [6, 6.07) is 23.8. The number of carbonyl (C=O) groups excluding carboxylic acids is 2. The second-order valence-corrected chi connectivity index (χ2v) is 12.5. The van der Waals surface area contributed by atoms with Crippen LogP contribution >= 0.6 is 45.5 Å². The summed E-state index contributed by atoms with van der Waals surface area (Å²) in [6.07, 6.45) is 1.51. The summed E-state index contributed by atoms with van der Waals surface area (Å²) in [5.41, 5.74) is 9.09. The lowest BCUT2D eigenvalue weighted by atomic mass is 10.1. The van der Waals surface area contributed by atoms with E-state index in [0.29, 0.717) is 31.2 Å². The van der Waals surface area contributed by atoms with E-state index < -0.39 is 0 Å². The number of nitrogens with zero attached hydrogens (tertiary/aromatic N) is 2. The molecule has 234 valence electrons. The third-order valence-electron chi connectivity index (χ3n) is 6.90. The Hall–Kier alpha value is -4.46. The van der Waals surface area contributed by atoms with Crippen molar-refractivity contribution in [2.75, 3.05) is 24.4 Å². The fourth-order valence-electron chi connectivity index (χ4n) is 4.31. The molecule has 5 aromatic rings. The van der Waals surface area contributed by atoms with Crippen molar-refractivity contribution in [2.24, 2.45) is 5.10 Å². The number of halogens is 2. The average Bonchev–Trinajstić information content (AvgIpc) is 3.52. The van der Waals surface area contributed by atoms with Crippen LogP contribution in [0.5, 0.6) is 11.5 Å². The van der Waals surface area contributed by atoms with Crippen molar-refractivity contribution in [3.05, 3.63) is 115 Å². The van der Waals surface area contributed by atoms with Crippen molar-refractivity contribution < 1.29 is 19.1 Å². The molecule has 0 bridgehead atoms. The molecule has 9 nitrogen and oxygen atoms in total. The lowest BCUT2D eigenvalue weighted by Gasteiger charge is -2.14. The number of amides is 2. The quantitative estimate of drug-likeness (QED) is 0.0710. The molecule has 4 aromatic carbocycles. The Balaban J connectivity index is 1.16. The number of hydrogen-bond acceptors (Lipinski definition) is 8. The summed E-state index contributed by atoms with van der Waals surface area (Å²) in [7, 11) is 1.52. The highest BCUT2D eigenvalue weighted by Gasteiger charge is 2.15. The van der Waals surface area contributed by atoms with E-state index in [9.17, 15) is 9.59 Å². The van der Waals surface area contributed by atoms with Crippen LogP contribution in [0, 0.1) is 17.4 Å². The van der Waals surface area contributed by atoms with Crippen molar-refractivity contribution in [1.29, 1.82) is 0 Å². The average molecular weight is 766 g/mol. The van der Waals surface area contributed by atoms with Gasteiger partial charge in [0, 0.05) is 32.9 Å². The first-order chi connectivity index (χ1) is 22.2. The molecular weight excluding hydrogens is 737 g/mol. The molecule has 0 atom stereocenters. The number of hydrazone groups is 1. The van der Waals surface area contributed by atoms with E-state index >= 15 is 0 Å². The summed E-state index contributed by atoms with van der Waals surface area (Å²) >= 11 is 9.55. The van der Waals surface area contributed by atoms with Crippen LogP contribution in [0.3, 0.4) is 0 Å². The molecule has 12 heteroatoms. The molecule has 46 heavy (non-hydrogen) atoms. The maximum Gasteiger partial charge on any atom is 0.271 e. The predicted octanol–water partition coefficient (Wildman–Crippen LogP) is 8.22. The summed E-state index contributed by atoms with van der Waals surface area (Å²) in [5.74, 6) is 0.231. The molecule has 5 rings (SSSR count). The maximum absolute atomic E-state index is 12.7. The van der Waals surface area contributed by atoms with E-state index in [0.717, 1.165) is 38.9 Å². The highest BCUT2D eigenvalue weighted by Crippen LogP contribution is 2.34. The van der Waals surface area contributed by atoms with Gasteiger partial charge in [0.1, 0.15) is 0 Å². The van der Waals surface area contributed by atoms with E-state index in [4.69, 9.17) is 21.1 Å². The van der Waals surface area contributed by atoms with Crippen LogP contribution in [0.1, 0.15) is 27.0 Å². The second kappa shape index (κ2) is 15.2. The Kier molecular flexibility index (Phi) is 10.9. The maximum atomic E-state index is 12.7. The van der Waals surface area contributed by atoms with Gasteiger partial charge >= 0.3 is 0 Å². The Morgan fingerprint density at radius 2 is 1.80 bits per heavy atom. The summed E-state index contributed by atoms with van der Waals surface area (Å²) in [4.78, 5) is 29.9. The zero-order chi connectivity index (χ0) is 32.6. The standard InChI is InChI=1S/C34H29ClIN5O4S/c1-20-5-4-6-28(21(20)2)39-31(42)18-45-32-27(36)15-22(16-30(32)44-3)17-37-41-33(43)24-9-7-23(8-10-24)29-19-46-34(40-29)38-26-13-11-25(35)12-14-26/h4-17,19H,18H2,1-3H3,(H,38,40)(H,39,42)(H,41,43)/b37-17-. The van der Waals surface area contributed by atoms with Crippen LogP contribution in [0.25, 0.3) is 11.3 Å². The fraction of sp³-hybridized carbons (Fsp3) is 0.118. The Morgan fingerprint density at radius 3 is 2.54 bits per heavy atom. The third kappa shape index (κ3) is 8.42. The minimum absolute atomic E-state index is 0.189. The first kappa shape index (κ1) is 32.9. The summed E-state index contributed by atoms with van der Waals surface area (Å²) < 4.78 is 12.0. The molecule has 1 aromatic heterocycles. The summed E-state index contributed by atoms with van der Waals surface area (Å²) in [6.45, 7) is 3.76. The second-order valence-electron chi connectivity index (χ2n) is 10.1. The third-order valence-corrected chi connectivity index (χ3v) is 8.71. The van der Waals surface area contributed by atoms with Gasteiger partial charge in [-0.2, -0.15) is 5.10 Å². The molecule has 1 heterocycles. The van der Waals surface area contributed by atoms with Gasteiger partial charge in [0.2, 0.25) is 0 Å². The number of carbonyl (C=O) groups is 2. The van der Waals surface area contributed by atoms with E-state index in [1.807, 2.05) is 79.9 Å². The van der Waals surface area contributed by atoms with Crippen LogP contribution in [-0.2, 0) is 4.79 Å². The molecule has 0 spiro atoms. The number of benzene rings is 4. The topological polar surface area (TPSA) is 114 Å². The number of ether oxygens (including phenoxy) is 2. The number of hydrogen-bond donors (Lipinski definition) is 3.